The number of carbonyl (C=O) groups excluding carboxylic acids is 1. The number of nitrogens with two attached hydrogens (primary N) is 1. The summed E-state index contributed by atoms with van der Waals surface area (Å²) >= 11 is 1.52. The van der Waals surface area contributed by atoms with E-state index in [9.17, 15) is 4.79 Å². The van der Waals surface area contributed by atoms with Crippen LogP contribution in [0.1, 0.15) is 19.8 Å². The average Bonchev–Trinajstić information content (AvgIpc) is 2.91. The van der Waals surface area contributed by atoms with Crippen LogP contribution in [0.5, 0.6) is 0 Å². The van der Waals surface area contributed by atoms with Gasteiger partial charge in [0.2, 0.25) is 5.95 Å². The quantitative estimate of drug-likeness (QED) is 0.309. The number of thiophene rings is 1. The van der Waals surface area contributed by atoms with Gasteiger partial charge >= 0.3 is 5.97 Å². The van der Waals surface area contributed by atoms with Crippen LogP contribution >= 0.6 is 11.3 Å². The van der Waals surface area contributed by atoms with Gasteiger partial charge in [-0.05, 0) is 24.8 Å². The number of fused-ring (bicyclic) bond motifs is 1. The number of anilines is 2. The van der Waals surface area contributed by atoms with E-state index in [1.807, 2.05) is 11.4 Å². The Morgan fingerprint density at radius 2 is 2.35 bits per heavy atom. The van der Waals surface area contributed by atoms with Crippen LogP contribution in [0.15, 0.2) is 11.4 Å². The van der Waals surface area contributed by atoms with E-state index < -0.39 is 0 Å². The molecule has 0 atom stereocenters. The molecule has 2 rings (SSSR count). The van der Waals surface area contributed by atoms with Gasteiger partial charge in [0.15, 0.2) is 0 Å². The first-order valence-corrected chi connectivity index (χ1v) is 7.24. The Hall–Kier alpha value is -1.93. The second-order valence-corrected chi connectivity index (χ2v) is 4.91. The summed E-state index contributed by atoms with van der Waals surface area (Å²) in [5.74, 6) is 6.25. The number of carbonyl (C=O) groups is 1. The average molecular weight is 295 g/mol. The van der Waals surface area contributed by atoms with Crippen LogP contribution in [-0.4, -0.2) is 29.1 Å². The molecule has 0 spiro atoms. The predicted octanol–water partition coefficient (Wildman–Crippen LogP) is 1.73. The first-order valence-electron chi connectivity index (χ1n) is 6.36. The lowest BCUT2D eigenvalue weighted by molar-refractivity contribution is -0.143. The number of aromatic nitrogens is 2. The van der Waals surface area contributed by atoms with Gasteiger partial charge in [0, 0.05) is 13.0 Å². The molecule has 0 aromatic carbocycles. The molecule has 0 fully saturated rings. The molecule has 108 valence electrons. The van der Waals surface area contributed by atoms with Gasteiger partial charge in [-0.1, -0.05) is 0 Å². The largest absolute Gasteiger partial charge is 0.466 e. The minimum absolute atomic E-state index is 0.179. The lowest BCUT2D eigenvalue weighted by Gasteiger charge is -2.08. The monoisotopic (exact) mass is 295 g/mol. The third-order valence-electron chi connectivity index (χ3n) is 2.61. The Balaban J connectivity index is 1.95. The maximum absolute atomic E-state index is 11.2. The van der Waals surface area contributed by atoms with Crippen molar-refractivity contribution in [3.05, 3.63) is 11.4 Å². The molecule has 0 aliphatic heterocycles. The predicted molar refractivity (Wildman–Crippen MR) is 79.6 cm³/mol. The van der Waals surface area contributed by atoms with Crippen molar-refractivity contribution in [3.63, 3.8) is 0 Å². The molecule has 0 saturated carbocycles. The van der Waals surface area contributed by atoms with Gasteiger partial charge in [-0.25, -0.2) is 10.8 Å². The molecule has 2 aromatic heterocycles. The number of hydrogen-bond acceptors (Lipinski definition) is 8. The highest BCUT2D eigenvalue weighted by molar-refractivity contribution is 7.16. The van der Waals surface area contributed by atoms with E-state index in [-0.39, 0.29) is 5.97 Å². The number of hydrazine groups is 1. The van der Waals surface area contributed by atoms with Gasteiger partial charge < -0.3 is 10.1 Å². The molecule has 0 bridgehead atoms. The molecular formula is C12H17N5O2S. The van der Waals surface area contributed by atoms with Gasteiger partial charge in [-0.2, -0.15) is 4.98 Å². The van der Waals surface area contributed by atoms with Crippen molar-refractivity contribution in [2.24, 2.45) is 5.84 Å². The van der Waals surface area contributed by atoms with Crippen LogP contribution in [0.4, 0.5) is 11.8 Å². The Kier molecular flexibility index (Phi) is 5.08. The summed E-state index contributed by atoms with van der Waals surface area (Å²) in [6.45, 7) is 2.84. The smallest absolute Gasteiger partial charge is 0.305 e. The maximum Gasteiger partial charge on any atom is 0.305 e. The number of nitrogens with zero attached hydrogens (tertiary/aromatic N) is 2. The van der Waals surface area contributed by atoms with Gasteiger partial charge in [0.1, 0.15) is 10.6 Å². The lowest BCUT2D eigenvalue weighted by Crippen LogP contribution is -2.13. The number of nitrogen functional groups attached to an aromatic ring is 1. The first kappa shape index (κ1) is 14.5. The van der Waals surface area contributed by atoms with Crippen molar-refractivity contribution in [2.75, 3.05) is 23.9 Å². The van der Waals surface area contributed by atoms with Crippen LogP contribution in [0.3, 0.4) is 0 Å². The maximum atomic E-state index is 11.2. The van der Waals surface area contributed by atoms with Crippen LogP contribution < -0.4 is 16.6 Å². The van der Waals surface area contributed by atoms with E-state index in [1.165, 1.54) is 11.3 Å². The summed E-state index contributed by atoms with van der Waals surface area (Å²) in [6.07, 6.45) is 1.07. The van der Waals surface area contributed by atoms with E-state index in [4.69, 9.17) is 10.6 Å². The molecule has 20 heavy (non-hydrogen) atoms. The van der Waals surface area contributed by atoms with Crippen LogP contribution in [-0.2, 0) is 9.53 Å². The molecule has 4 N–H and O–H groups in total. The van der Waals surface area contributed by atoms with E-state index in [0.717, 1.165) is 10.2 Å². The van der Waals surface area contributed by atoms with Gasteiger partial charge in [0.05, 0.1) is 12.0 Å². The SMILES string of the molecule is CCOC(=O)CCCNc1nc(NN)nc2sccc12. The summed E-state index contributed by atoms with van der Waals surface area (Å²) < 4.78 is 4.87. The molecule has 7 nitrogen and oxygen atoms in total. The Labute approximate surface area is 120 Å². The third kappa shape index (κ3) is 3.55. The second-order valence-electron chi connectivity index (χ2n) is 4.01. The molecule has 0 amide bonds. The molecule has 0 radical (unpaired) electrons. The van der Waals surface area contributed by atoms with E-state index in [0.29, 0.717) is 37.8 Å². The van der Waals surface area contributed by atoms with Gasteiger partial charge in [0.25, 0.3) is 0 Å². The molecular weight excluding hydrogens is 278 g/mol. The molecule has 0 saturated heterocycles. The Bertz CT molecular complexity index is 586. The zero-order valence-electron chi connectivity index (χ0n) is 11.2. The molecule has 8 heteroatoms. The minimum atomic E-state index is -0.179. The minimum Gasteiger partial charge on any atom is -0.466 e. The topological polar surface area (TPSA) is 102 Å². The fraction of sp³-hybridized carbons (Fsp3) is 0.417. The standard InChI is InChI=1S/C12H17N5O2S/c1-2-19-9(18)4-3-6-14-10-8-5-7-20-11(8)16-12(15-10)17-13/h5,7H,2-4,6,13H2,1H3,(H2,14,15,16,17). The van der Waals surface area contributed by atoms with Crippen molar-refractivity contribution in [3.8, 4) is 0 Å². The van der Waals surface area contributed by atoms with Crippen LogP contribution in [0.25, 0.3) is 10.2 Å². The van der Waals surface area contributed by atoms with Crippen molar-refractivity contribution in [2.45, 2.75) is 19.8 Å². The third-order valence-corrected chi connectivity index (χ3v) is 3.42. The number of rotatable bonds is 7. The zero-order chi connectivity index (χ0) is 14.4. The molecule has 2 aromatic rings. The number of esters is 1. The van der Waals surface area contributed by atoms with Crippen molar-refractivity contribution < 1.29 is 9.53 Å². The van der Waals surface area contributed by atoms with Crippen LogP contribution in [0, 0.1) is 0 Å². The Morgan fingerprint density at radius 1 is 1.50 bits per heavy atom. The summed E-state index contributed by atoms with van der Waals surface area (Å²) in [5.41, 5.74) is 2.45. The summed E-state index contributed by atoms with van der Waals surface area (Å²) in [5, 5.41) is 6.10. The van der Waals surface area contributed by atoms with Crippen LogP contribution in [0.2, 0.25) is 0 Å². The van der Waals surface area contributed by atoms with Crippen molar-refractivity contribution in [1.29, 1.82) is 0 Å². The fourth-order valence-corrected chi connectivity index (χ4v) is 2.49. The Morgan fingerprint density at radius 3 is 3.10 bits per heavy atom. The van der Waals surface area contributed by atoms with E-state index >= 15 is 0 Å². The van der Waals surface area contributed by atoms with E-state index in [1.54, 1.807) is 6.92 Å². The zero-order valence-corrected chi connectivity index (χ0v) is 12.0. The molecule has 0 aliphatic carbocycles. The van der Waals surface area contributed by atoms with Crippen molar-refractivity contribution >= 4 is 39.3 Å². The number of hydrogen-bond donors (Lipinski definition) is 3. The van der Waals surface area contributed by atoms with Gasteiger partial charge in [-0.3, -0.25) is 10.2 Å². The number of ether oxygens (including phenoxy) is 1. The summed E-state index contributed by atoms with van der Waals surface area (Å²) in [6, 6.07) is 1.95. The second kappa shape index (κ2) is 7.01. The molecule has 0 unspecified atom stereocenters. The first-order chi connectivity index (χ1) is 9.74. The van der Waals surface area contributed by atoms with Gasteiger partial charge in [-0.15, -0.1) is 11.3 Å². The van der Waals surface area contributed by atoms with Crippen molar-refractivity contribution in [1.82, 2.24) is 9.97 Å². The molecule has 0 aliphatic rings. The normalized spacial score (nSPS) is 10.5. The highest BCUT2D eigenvalue weighted by Gasteiger charge is 2.08. The summed E-state index contributed by atoms with van der Waals surface area (Å²) in [4.78, 5) is 20.6. The fourth-order valence-electron chi connectivity index (χ4n) is 1.73. The summed E-state index contributed by atoms with van der Waals surface area (Å²) in [7, 11) is 0. The number of nitrogens with one attached hydrogen (secondary N) is 2. The van der Waals surface area contributed by atoms with E-state index in [2.05, 4.69) is 20.7 Å². The highest BCUT2D eigenvalue weighted by Crippen LogP contribution is 2.26. The molecule has 2 heterocycles. The lowest BCUT2D eigenvalue weighted by atomic mass is 10.3. The highest BCUT2D eigenvalue weighted by atomic mass is 32.1.